The van der Waals surface area contributed by atoms with Gasteiger partial charge in [0, 0.05) is 58.6 Å². The van der Waals surface area contributed by atoms with Crippen LogP contribution in [-0.2, 0) is 24.2 Å². The van der Waals surface area contributed by atoms with Gasteiger partial charge in [0.15, 0.2) is 5.96 Å². The van der Waals surface area contributed by atoms with Gasteiger partial charge in [-0.3, -0.25) is 9.67 Å². The fraction of sp³-hybridized carbons (Fsp3) is 0.684. The first kappa shape index (κ1) is 25.3. The smallest absolute Gasteiger partial charge is 0.191 e. The highest BCUT2D eigenvalue weighted by molar-refractivity contribution is 14.0. The molecule has 2 heterocycles. The van der Waals surface area contributed by atoms with Crippen LogP contribution >= 0.6 is 24.0 Å². The molecule has 0 amide bonds. The van der Waals surface area contributed by atoms with E-state index in [9.17, 15) is 0 Å². The van der Waals surface area contributed by atoms with Gasteiger partial charge < -0.3 is 19.9 Å². The van der Waals surface area contributed by atoms with Gasteiger partial charge in [-0.25, -0.2) is 0 Å². The molecule has 0 fully saturated rings. The fourth-order valence-electron chi connectivity index (χ4n) is 2.94. The third-order valence-electron chi connectivity index (χ3n) is 4.38. The van der Waals surface area contributed by atoms with E-state index in [4.69, 9.17) is 9.73 Å². The molecule has 0 aromatic carbocycles. The van der Waals surface area contributed by atoms with Crippen LogP contribution in [0.4, 0.5) is 0 Å². The van der Waals surface area contributed by atoms with Gasteiger partial charge in [-0.05, 0) is 32.8 Å². The van der Waals surface area contributed by atoms with Gasteiger partial charge in [0.25, 0.3) is 0 Å². The van der Waals surface area contributed by atoms with Crippen molar-refractivity contribution in [3.63, 3.8) is 0 Å². The van der Waals surface area contributed by atoms with Gasteiger partial charge in [-0.1, -0.05) is 6.92 Å². The van der Waals surface area contributed by atoms with Crippen LogP contribution < -0.4 is 10.6 Å². The average molecular weight is 518 g/mol. The number of ether oxygens (including phenoxy) is 1. The highest BCUT2D eigenvalue weighted by atomic mass is 127. The molecule has 0 saturated carbocycles. The molecule has 2 rings (SSSR count). The normalized spacial score (nSPS) is 11.4. The molecule has 0 bridgehead atoms. The lowest BCUT2D eigenvalue weighted by atomic mass is 10.4. The second kappa shape index (κ2) is 14.3. The van der Waals surface area contributed by atoms with E-state index < -0.39 is 0 Å². The number of aryl methyl sites for hydroxylation is 4. The van der Waals surface area contributed by atoms with Gasteiger partial charge >= 0.3 is 0 Å². The number of rotatable bonds is 12. The van der Waals surface area contributed by atoms with Crippen molar-refractivity contribution in [1.29, 1.82) is 0 Å². The molecule has 10 heteroatoms. The molecule has 2 N–H and O–H groups in total. The molecule has 29 heavy (non-hydrogen) atoms. The fourth-order valence-corrected chi connectivity index (χ4v) is 2.94. The molecule has 2 aromatic heterocycles. The van der Waals surface area contributed by atoms with E-state index in [0.29, 0.717) is 0 Å². The quantitative estimate of drug-likeness (QED) is 0.193. The van der Waals surface area contributed by atoms with Gasteiger partial charge in [0.05, 0.1) is 5.69 Å². The Morgan fingerprint density at radius 2 is 1.97 bits per heavy atom. The minimum atomic E-state index is 0. The predicted octanol–water partition coefficient (Wildman–Crippen LogP) is 1.93. The molecule has 0 atom stereocenters. The third-order valence-corrected chi connectivity index (χ3v) is 4.38. The second-order valence-corrected chi connectivity index (χ2v) is 6.73. The van der Waals surface area contributed by atoms with Crippen LogP contribution in [0.1, 0.15) is 37.0 Å². The zero-order valence-electron chi connectivity index (χ0n) is 18.0. The maximum atomic E-state index is 5.11. The monoisotopic (exact) mass is 518 g/mol. The van der Waals surface area contributed by atoms with Crippen LogP contribution in [0.3, 0.4) is 0 Å². The molecule has 0 radical (unpaired) electrons. The van der Waals surface area contributed by atoms with Gasteiger partial charge in [0.2, 0.25) is 0 Å². The Labute approximate surface area is 190 Å². The summed E-state index contributed by atoms with van der Waals surface area (Å²) in [7, 11) is 1.72. The maximum absolute atomic E-state index is 5.11. The first-order chi connectivity index (χ1) is 13.6. The molecule has 0 spiro atoms. The molecular formula is C19H35IN8O. The maximum Gasteiger partial charge on any atom is 0.191 e. The lowest BCUT2D eigenvalue weighted by Gasteiger charge is -2.13. The van der Waals surface area contributed by atoms with Crippen molar-refractivity contribution < 1.29 is 4.74 Å². The molecule has 0 aliphatic heterocycles. The minimum Gasteiger partial charge on any atom is -0.385 e. The molecule has 0 unspecified atom stereocenters. The lowest BCUT2D eigenvalue weighted by Crippen LogP contribution is -2.40. The summed E-state index contributed by atoms with van der Waals surface area (Å²) in [5.74, 6) is 1.83. The van der Waals surface area contributed by atoms with E-state index in [0.717, 1.165) is 76.1 Å². The summed E-state index contributed by atoms with van der Waals surface area (Å²) < 4.78 is 9.22. The third kappa shape index (κ3) is 9.11. The Kier molecular flexibility index (Phi) is 12.5. The Morgan fingerprint density at radius 3 is 2.66 bits per heavy atom. The zero-order chi connectivity index (χ0) is 20.2. The van der Waals surface area contributed by atoms with E-state index in [1.165, 1.54) is 5.69 Å². The van der Waals surface area contributed by atoms with E-state index in [2.05, 4.69) is 50.4 Å². The van der Waals surface area contributed by atoms with Crippen LogP contribution in [0.15, 0.2) is 17.4 Å². The van der Waals surface area contributed by atoms with Crippen LogP contribution in [0.5, 0.6) is 0 Å². The Morgan fingerprint density at radius 1 is 1.17 bits per heavy atom. The van der Waals surface area contributed by atoms with Crippen LogP contribution in [0.25, 0.3) is 0 Å². The number of halogens is 1. The first-order valence-corrected chi connectivity index (χ1v) is 10.0. The molecule has 164 valence electrons. The number of nitrogens with zero attached hydrogens (tertiary/aromatic N) is 6. The van der Waals surface area contributed by atoms with E-state index in [-0.39, 0.29) is 24.0 Å². The summed E-state index contributed by atoms with van der Waals surface area (Å²) in [5.41, 5.74) is 2.25. The summed E-state index contributed by atoms with van der Waals surface area (Å²) in [6.07, 6.45) is 4.53. The van der Waals surface area contributed by atoms with Crippen LogP contribution in [-0.4, -0.2) is 63.9 Å². The van der Waals surface area contributed by atoms with Gasteiger partial charge in [-0.2, -0.15) is 5.10 Å². The largest absolute Gasteiger partial charge is 0.385 e. The SMILES string of the molecule is CCc1nncn1CCNC(=NCCCn1nc(C)cc1C)NCCCOC.I. The summed E-state index contributed by atoms with van der Waals surface area (Å²) in [6, 6.07) is 2.10. The summed E-state index contributed by atoms with van der Waals surface area (Å²) in [4.78, 5) is 4.71. The standard InChI is InChI=1S/C19H34N8O.HI/c1-5-18-24-23-15-26(18)12-10-22-19(21-9-7-13-28-4)20-8-6-11-27-17(3)14-16(2)25-27;/h14-15H,5-13H2,1-4H3,(H2,20,21,22);1H. The Bertz CT molecular complexity index is 728. The van der Waals surface area contributed by atoms with Gasteiger partial charge in [0.1, 0.15) is 12.2 Å². The second-order valence-electron chi connectivity index (χ2n) is 6.73. The summed E-state index contributed by atoms with van der Waals surface area (Å²) >= 11 is 0. The van der Waals surface area contributed by atoms with E-state index in [1.807, 2.05) is 11.6 Å². The van der Waals surface area contributed by atoms with Crippen molar-refractivity contribution in [3.8, 4) is 0 Å². The molecule has 0 saturated heterocycles. The van der Waals surface area contributed by atoms with Crippen molar-refractivity contribution in [2.24, 2.45) is 4.99 Å². The average Bonchev–Trinajstić information content (AvgIpc) is 3.26. The molecular weight excluding hydrogens is 483 g/mol. The van der Waals surface area contributed by atoms with Crippen molar-refractivity contribution in [2.45, 2.75) is 53.1 Å². The Hall–Kier alpha value is -1.69. The van der Waals surface area contributed by atoms with Crippen molar-refractivity contribution in [3.05, 3.63) is 29.6 Å². The highest BCUT2D eigenvalue weighted by Crippen LogP contribution is 2.02. The number of aliphatic imine (C=N–C) groups is 1. The highest BCUT2D eigenvalue weighted by Gasteiger charge is 2.03. The topological polar surface area (TPSA) is 94.2 Å². The van der Waals surface area contributed by atoms with Crippen molar-refractivity contribution in [2.75, 3.05) is 33.4 Å². The molecule has 9 nitrogen and oxygen atoms in total. The molecule has 2 aromatic rings. The zero-order valence-corrected chi connectivity index (χ0v) is 20.3. The number of hydrogen-bond donors (Lipinski definition) is 2. The number of methoxy groups -OCH3 is 1. The number of guanidine groups is 1. The first-order valence-electron chi connectivity index (χ1n) is 10.0. The Balaban J connectivity index is 0.00000420. The van der Waals surface area contributed by atoms with Crippen LogP contribution in [0, 0.1) is 13.8 Å². The van der Waals surface area contributed by atoms with Crippen LogP contribution in [0.2, 0.25) is 0 Å². The van der Waals surface area contributed by atoms with E-state index >= 15 is 0 Å². The predicted molar refractivity (Wildman–Crippen MR) is 126 cm³/mol. The summed E-state index contributed by atoms with van der Waals surface area (Å²) in [6.45, 7) is 10.9. The van der Waals surface area contributed by atoms with Crippen molar-refractivity contribution >= 4 is 29.9 Å². The number of hydrogen-bond acceptors (Lipinski definition) is 5. The number of nitrogens with one attached hydrogen (secondary N) is 2. The van der Waals surface area contributed by atoms with Gasteiger partial charge in [-0.15, -0.1) is 34.2 Å². The molecule has 0 aliphatic rings. The number of aromatic nitrogens is 5. The van der Waals surface area contributed by atoms with Crippen molar-refractivity contribution in [1.82, 2.24) is 35.2 Å². The minimum absolute atomic E-state index is 0. The van der Waals surface area contributed by atoms with E-state index in [1.54, 1.807) is 13.4 Å². The molecule has 0 aliphatic carbocycles. The lowest BCUT2D eigenvalue weighted by molar-refractivity contribution is 0.195. The summed E-state index contributed by atoms with van der Waals surface area (Å²) in [5, 5.41) is 19.4.